The van der Waals surface area contributed by atoms with Gasteiger partial charge in [-0.2, -0.15) is 0 Å². The van der Waals surface area contributed by atoms with E-state index in [1.165, 1.54) is 49.6 Å². The van der Waals surface area contributed by atoms with Crippen LogP contribution < -0.4 is 10.6 Å². The first kappa shape index (κ1) is 21.6. The van der Waals surface area contributed by atoms with Gasteiger partial charge < -0.3 is 15.2 Å². The lowest BCUT2D eigenvalue weighted by Crippen LogP contribution is -2.34. The highest BCUT2D eigenvalue weighted by molar-refractivity contribution is 6.17. The Kier molecular flexibility index (Phi) is 4.40. The van der Waals surface area contributed by atoms with Gasteiger partial charge in [-0.05, 0) is 52.1 Å². The minimum Gasteiger partial charge on any atom is -0.373 e. The minimum absolute atomic E-state index is 0.0163. The highest BCUT2D eigenvalue weighted by Crippen LogP contribution is 2.53. The molecule has 1 aliphatic heterocycles. The maximum Gasteiger partial charge on any atom is 0.129 e. The number of nitrogens with zero attached hydrogens (tertiary/aromatic N) is 1. The maximum absolute atomic E-state index is 3.94. The SMILES string of the molecule is CC1(C)c2ccccc2-c2c1ccc1c2c2ccccc2n1C1Nc2ccccc2NC1c1ccccc1. The van der Waals surface area contributed by atoms with Crippen LogP contribution >= 0.6 is 0 Å². The molecule has 2 unspecified atom stereocenters. The molecule has 2 aliphatic rings. The van der Waals surface area contributed by atoms with Crippen molar-refractivity contribution in [1.29, 1.82) is 0 Å². The molecule has 184 valence electrons. The van der Waals surface area contributed by atoms with Gasteiger partial charge >= 0.3 is 0 Å². The average Bonchev–Trinajstić information content (AvgIpc) is 3.42. The molecule has 0 amide bonds. The van der Waals surface area contributed by atoms with Crippen molar-refractivity contribution in [2.75, 3.05) is 10.6 Å². The number of aromatic nitrogens is 1. The van der Waals surface area contributed by atoms with Crippen LogP contribution in [0, 0.1) is 0 Å². The summed E-state index contributed by atoms with van der Waals surface area (Å²) in [5.74, 6) is 0. The molecule has 2 heterocycles. The van der Waals surface area contributed by atoms with Crippen LogP contribution in [0.15, 0.2) is 115 Å². The standard InChI is InChI=1S/C35H29N3/c1-35(2)25-16-8-6-14-23(25)31-26(35)20-21-30-32(31)24-15-7-11-19-29(24)38(30)34-33(22-12-4-3-5-13-22)36-27-17-9-10-18-28(27)37-34/h3-21,33-34,36-37H,1-2H3. The second-order valence-electron chi connectivity index (χ2n) is 11.1. The largest absolute Gasteiger partial charge is 0.373 e. The van der Waals surface area contributed by atoms with Gasteiger partial charge in [0.1, 0.15) is 6.17 Å². The molecule has 1 aliphatic carbocycles. The van der Waals surface area contributed by atoms with Crippen LogP contribution in [0.5, 0.6) is 0 Å². The zero-order chi connectivity index (χ0) is 25.4. The normalized spacial score (nSPS) is 18.9. The van der Waals surface area contributed by atoms with Crippen molar-refractivity contribution in [3.63, 3.8) is 0 Å². The minimum atomic E-state index is -0.0283. The monoisotopic (exact) mass is 491 g/mol. The molecule has 1 aromatic heterocycles. The molecule has 3 nitrogen and oxygen atoms in total. The summed E-state index contributed by atoms with van der Waals surface area (Å²) in [4.78, 5) is 0. The molecule has 38 heavy (non-hydrogen) atoms. The molecule has 0 spiro atoms. The number of anilines is 2. The number of rotatable bonds is 2. The Bertz CT molecular complexity index is 1860. The van der Waals surface area contributed by atoms with Crippen LogP contribution in [0.25, 0.3) is 32.9 Å². The third-order valence-corrected chi connectivity index (χ3v) is 8.71. The van der Waals surface area contributed by atoms with Crippen LogP contribution in [0.4, 0.5) is 11.4 Å². The van der Waals surface area contributed by atoms with Crippen molar-refractivity contribution in [2.24, 2.45) is 0 Å². The fourth-order valence-corrected chi connectivity index (χ4v) is 6.95. The molecule has 5 aromatic carbocycles. The van der Waals surface area contributed by atoms with Crippen LogP contribution in [-0.4, -0.2) is 4.57 Å². The van der Waals surface area contributed by atoms with E-state index < -0.39 is 0 Å². The number of fused-ring (bicyclic) bond motifs is 8. The lowest BCUT2D eigenvalue weighted by atomic mass is 9.82. The molecule has 2 N–H and O–H groups in total. The zero-order valence-electron chi connectivity index (χ0n) is 21.6. The second-order valence-corrected chi connectivity index (χ2v) is 11.1. The van der Waals surface area contributed by atoms with Crippen molar-refractivity contribution in [2.45, 2.75) is 31.5 Å². The molecular weight excluding hydrogens is 462 g/mol. The third kappa shape index (κ3) is 2.84. The van der Waals surface area contributed by atoms with Gasteiger partial charge in [-0.25, -0.2) is 0 Å². The first-order valence-corrected chi connectivity index (χ1v) is 13.5. The fourth-order valence-electron chi connectivity index (χ4n) is 6.95. The highest BCUT2D eigenvalue weighted by Gasteiger charge is 2.38. The maximum atomic E-state index is 3.94. The van der Waals surface area contributed by atoms with E-state index in [-0.39, 0.29) is 17.6 Å². The molecule has 0 bridgehead atoms. The number of nitrogens with one attached hydrogen (secondary N) is 2. The summed E-state index contributed by atoms with van der Waals surface area (Å²) >= 11 is 0. The van der Waals surface area contributed by atoms with E-state index in [2.05, 4.69) is 144 Å². The average molecular weight is 492 g/mol. The summed E-state index contributed by atoms with van der Waals surface area (Å²) in [6.45, 7) is 4.72. The molecule has 0 saturated heterocycles. The van der Waals surface area contributed by atoms with Gasteiger partial charge in [0.2, 0.25) is 0 Å². The van der Waals surface area contributed by atoms with E-state index in [1.807, 2.05) is 0 Å². The molecule has 8 rings (SSSR count). The molecule has 2 atom stereocenters. The molecule has 0 saturated carbocycles. The zero-order valence-corrected chi connectivity index (χ0v) is 21.6. The van der Waals surface area contributed by atoms with Gasteiger partial charge in [-0.1, -0.05) is 105 Å². The van der Waals surface area contributed by atoms with Gasteiger partial charge in [0.05, 0.1) is 28.5 Å². The van der Waals surface area contributed by atoms with E-state index in [4.69, 9.17) is 0 Å². The summed E-state index contributed by atoms with van der Waals surface area (Å²) in [6.07, 6.45) is -0.0163. The van der Waals surface area contributed by atoms with E-state index in [9.17, 15) is 0 Å². The molecule has 3 heteroatoms. The summed E-state index contributed by atoms with van der Waals surface area (Å²) in [5, 5.41) is 10.5. The van der Waals surface area contributed by atoms with Gasteiger partial charge in [-0.3, -0.25) is 0 Å². The highest BCUT2D eigenvalue weighted by atomic mass is 15.3. The van der Waals surface area contributed by atoms with E-state index in [1.54, 1.807) is 0 Å². The first-order valence-electron chi connectivity index (χ1n) is 13.5. The number of benzene rings is 5. The Morgan fingerprint density at radius 3 is 2.13 bits per heavy atom. The summed E-state index contributed by atoms with van der Waals surface area (Å²) < 4.78 is 2.53. The molecule has 0 fully saturated rings. The van der Waals surface area contributed by atoms with Crippen molar-refractivity contribution in [3.05, 3.63) is 132 Å². The van der Waals surface area contributed by atoms with E-state index >= 15 is 0 Å². The summed E-state index contributed by atoms with van der Waals surface area (Å²) in [5.41, 5.74) is 11.6. The Morgan fingerprint density at radius 2 is 1.29 bits per heavy atom. The van der Waals surface area contributed by atoms with Crippen molar-refractivity contribution >= 4 is 33.2 Å². The smallest absolute Gasteiger partial charge is 0.129 e. The Hall–Kier alpha value is -4.50. The lowest BCUT2D eigenvalue weighted by molar-refractivity contribution is 0.506. The number of hydrogen-bond acceptors (Lipinski definition) is 2. The second kappa shape index (κ2) is 7.75. The van der Waals surface area contributed by atoms with Gasteiger partial charge in [0.25, 0.3) is 0 Å². The molecule has 6 aromatic rings. The van der Waals surface area contributed by atoms with Gasteiger partial charge in [-0.15, -0.1) is 0 Å². The third-order valence-electron chi connectivity index (χ3n) is 8.71. The Morgan fingerprint density at radius 1 is 0.605 bits per heavy atom. The predicted molar refractivity (Wildman–Crippen MR) is 159 cm³/mol. The lowest BCUT2D eigenvalue weighted by Gasteiger charge is -2.38. The Labute approximate surface area is 222 Å². The van der Waals surface area contributed by atoms with Gasteiger partial charge in [0, 0.05) is 16.2 Å². The predicted octanol–water partition coefficient (Wildman–Crippen LogP) is 8.88. The van der Waals surface area contributed by atoms with Crippen molar-refractivity contribution < 1.29 is 0 Å². The number of hydrogen-bond donors (Lipinski definition) is 2. The Balaban J connectivity index is 1.45. The molecular formula is C35H29N3. The van der Waals surface area contributed by atoms with Crippen LogP contribution in [0.2, 0.25) is 0 Å². The van der Waals surface area contributed by atoms with E-state index in [0.29, 0.717) is 0 Å². The van der Waals surface area contributed by atoms with Crippen molar-refractivity contribution in [3.8, 4) is 11.1 Å². The fraction of sp³-hybridized carbons (Fsp3) is 0.143. The van der Waals surface area contributed by atoms with Gasteiger partial charge in [0.15, 0.2) is 0 Å². The van der Waals surface area contributed by atoms with Crippen molar-refractivity contribution in [1.82, 2.24) is 4.57 Å². The van der Waals surface area contributed by atoms with Crippen LogP contribution in [0.1, 0.15) is 42.7 Å². The quantitative estimate of drug-likeness (QED) is 0.253. The van der Waals surface area contributed by atoms with E-state index in [0.717, 1.165) is 11.4 Å². The summed E-state index contributed by atoms with van der Waals surface area (Å²) in [6, 6.07) is 42.0. The molecule has 0 radical (unpaired) electrons. The number of para-hydroxylation sites is 3. The van der Waals surface area contributed by atoms with Crippen LogP contribution in [0.3, 0.4) is 0 Å². The first-order chi connectivity index (χ1) is 18.6. The van der Waals surface area contributed by atoms with Crippen LogP contribution in [-0.2, 0) is 5.41 Å². The summed E-state index contributed by atoms with van der Waals surface area (Å²) in [7, 11) is 0. The topological polar surface area (TPSA) is 29.0 Å².